The Morgan fingerprint density at radius 3 is 2.53 bits per heavy atom. The quantitative estimate of drug-likeness (QED) is 0.755. The Balaban J connectivity index is 2.24. The number of rotatable bonds is 1. The van der Waals surface area contributed by atoms with Crippen LogP contribution in [-0.2, 0) is 0 Å². The molecule has 0 bridgehead atoms. The number of carbonyl (C=O) groups is 1. The number of benzene rings is 2. The first-order valence-corrected chi connectivity index (χ1v) is 5.68. The van der Waals surface area contributed by atoms with Gasteiger partial charge in [-0.05, 0) is 35.2 Å². The lowest BCUT2D eigenvalue weighted by Crippen LogP contribution is -2.08. The molecule has 0 saturated carbocycles. The fraction of sp³-hybridized carbons (Fsp3) is 0.133. The van der Waals surface area contributed by atoms with Gasteiger partial charge >= 0.3 is 0 Å². The fourth-order valence-electron chi connectivity index (χ4n) is 2.47. The lowest BCUT2D eigenvalue weighted by atomic mass is 10.0. The molecule has 1 unspecified atom stereocenters. The summed E-state index contributed by atoms with van der Waals surface area (Å²) in [6.45, 7) is 1.58. The van der Waals surface area contributed by atoms with Gasteiger partial charge < -0.3 is 5.73 Å². The number of carbonyl (C=O) groups excluding carboxylic acids is 1. The lowest BCUT2D eigenvalue weighted by molar-refractivity contribution is 0.101. The predicted molar refractivity (Wildman–Crippen MR) is 67.9 cm³/mol. The number of fused-ring (bicyclic) bond motifs is 3. The number of hydrogen-bond acceptors (Lipinski definition) is 2. The molecule has 2 N–H and O–H groups in total. The van der Waals surface area contributed by atoms with Gasteiger partial charge in [-0.25, -0.2) is 0 Å². The molecule has 0 aromatic heterocycles. The molecule has 0 radical (unpaired) electrons. The van der Waals surface area contributed by atoms with Crippen LogP contribution in [0.4, 0.5) is 0 Å². The zero-order valence-corrected chi connectivity index (χ0v) is 9.60. The van der Waals surface area contributed by atoms with Crippen molar-refractivity contribution in [1.29, 1.82) is 0 Å². The third-order valence-electron chi connectivity index (χ3n) is 3.38. The molecule has 2 aromatic rings. The predicted octanol–water partition coefficient (Wildman–Crippen LogP) is 2.92. The standard InChI is InChI=1S/C15H13NO/c1-9(17)10-6-7-12-11-4-2-3-5-13(11)15(16)14(12)8-10/h2-8,15H,16H2,1H3. The first kappa shape index (κ1) is 10.2. The minimum absolute atomic E-state index is 0.0796. The van der Waals surface area contributed by atoms with Gasteiger partial charge in [0.2, 0.25) is 0 Å². The van der Waals surface area contributed by atoms with Crippen LogP contribution >= 0.6 is 0 Å². The molecule has 0 fully saturated rings. The summed E-state index contributed by atoms with van der Waals surface area (Å²) in [6, 6.07) is 13.8. The summed E-state index contributed by atoms with van der Waals surface area (Å²) in [7, 11) is 0. The van der Waals surface area contributed by atoms with E-state index < -0.39 is 0 Å². The van der Waals surface area contributed by atoms with Crippen molar-refractivity contribution in [3.63, 3.8) is 0 Å². The number of hydrogen-bond donors (Lipinski definition) is 1. The summed E-state index contributed by atoms with van der Waals surface area (Å²) in [5, 5.41) is 0. The largest absolute Gasteiger partial charge is 0.320 e. The van der Waals surface area contributed by atoms with E-state index >= 15 is 0 Å². The zero-order chi connectivity index (χ0) is 12.0. The molecule has 0 heterocycles. The second-order valence-electron chi connectivity index (χ2n) is 4.42. The number of ketones is 1. The highest BCUT2D eigenvalue weighted by Gasteiger charge is 2.25. The van der Waals surface area contributed by atoms with Gasteiger partial charge in [-0.15, -0.1) is 0 Å². The van der Waals surface area contributed by atoms with E-state index in [1.807, 2.05) is 36.4 Å². The van der Waals surface area contributed by atoms with Gasteiger partial charge in [0.25, 0.3) is 0 Å². The van der Waals surface area contributed by atoms with Gasteiger partial charge in [0.05, 0.1) is 6.04 Å². The van der Waals surface area contributed by atoms with Gasteiger partial charge in [0, 0.05) is 5.56 Å². The van der Waals surface area contributed by atoms with Crippen LogP contribution in [0.3, 0.4) is 0 Å². The summed E-state index contributed by atoms with van der Waals surface area (Å²) < 4.78 is 0. The average molecular weight is 223 g/mol. The summed E-state index contributed by atoms with van der Waals surface area (Å²) in [5.74, 6) is 0.0796. The van der Waals surface area contributed by atoms with Crippen LogP contribution in [0.15, 0.2) is 42.5 Å². The van der Waals surface area contributed by atoms with Crippen molar-refractivity contribution in [1.82, 2.24) is 0 Å². The maximum atomic E-state index is 11.4. The molecule has 2 aromatic carbocycles. The van der Waals surface area contributed by atoms with E-state index in [0.29, 0.717) is 0 Å². The van der Waals surface area contributed by atoms with E-state index in [4.69, 9.17) is 5.73 Å². The monoisotopic (exact) mass is 223 g/mol. The molecule has 0 aliphatic heterocycles. The van der Waals surface area contributed by atoms with Crippen LogP contribution in [0.5, 0.6) is 0 Å². The van der Waals surface area contributed by atoms with Crippen molar-refractivity contribution >= 4 is 5.78 Å². The molecule has 2 heteroatoms. The van der Waals surface area contributed by atoms with E-state index in [0.717, 1.165) is 22.3 Å². The van der Waals surface area contributed by atoms with Gasteiger partial charge in [-0.2, -0.15) is 0 Å². The van der Waals surface area contributed by atoms with Crippen LogP contribution in [0, 0.1) is 0 Å². The molecule has 0 spiro atoms. The third-order valence-corrected chi connectivity index (χ3v) is 3.38. The fourth-order valence-corrected chi connectivity index (χ4v) is 2.47. The normalized spacial score (nSPS) is 16.5. The molecular formula is C15H13NO. The Kier molecular flexibility index (Phi) is 2.13. The maximum absolute atomic E-state index is 11.4. The molecule has 1 aliphatic carbocycles. The minimum atomic E-state index is -0.111. The van der Waals surface area contributed by atoms with Crippen LogP contribution in [0.2, 0.25) is 0 Å². The molecule has 0 amide bonds. The zero-order valence-electron chi connectivity index (χ0n) is 9.60. The molecule has 0 saturated heterocycles. The SMILES string of the molecule is CC(=O)c1ccc2c(c1)C(N)c1ccccc1-2. The minimum Gasteiger partial charge on any atom is -0.320 e. The first-order chi connectivity index (χ1) is 8.18. The van der Waals surface area contributed by atoms with Crippen LogP contribution in [-0.4, -0.2) is 5.78 Å². The highest BCUT2D eigenvalue weighted by Crippen LogP contribution is 2.42. The molecule has 3 rings (SSSR count). The lowest BCUT2D eigenvalue weighted by Gasteiger charge is -2.07. The van der Waals surface area contributed by atoms with Gasteiger partial charge in [0.1, 0.15) is 0 Å². The second-order valence-corrected chi connectivity index (χ2v) is 4.42. The molecule has 84 valence electrons. The van der Waals surface area contributed by atoms with Crippen LogP contribution in [0.1, 0.15) is 34.5 Å². The molecule has 1 atom stereocenters. The van der Waals surface area contributed by atoms with Gasteiger partial charge in [-0.3, -0.25) is 4.79 Å². The van der Waals surface area contributed by atoms with Crippen LogP contribution in [0.25, 0.3) is 11.1 Å². The van der Waals surface area contributed by atoms with Crippen molar-refractivity contribution in [3.05, 3.63) is 59.2 Å². The first-order valence-electron chi connectivity index (χ1n) is 5.68. The second kappa shape index (κ2) is 3.54. The summed E-state index contributed by atoms with van der Waals surface area (Å²) in [5.41, 5.74) is 11.5. The van der Waals surface area contributed by atoms with Gasteiger partial charge in [0.15, 0.2) is 5.78 Å². The Bertz CT molecular complexity index is 616. The molecule has 1 aliphatic rings. The van der Waals surface area contributed by atoms with Crippen molar-refractivity contribution in [2.24, 2.45) is 5.73 Å². The maximum Gasteiger partial charge on any atom is 0.159 e. The average Bonchev–Trinajstić information content (AvgIpc) is 2.64. The topological polar surface area (TPSA) is 43.1 Å². The molecule has 2 nitrogen and oxygen atoms in total. The Morgan fingerprint density at radius 1 is 1.06 bits per heavy atom. The van der Waals surface area contributed by atoms with Crippen molar-refractivity contribution in [3.8, 4) is 11.1 Å². The third kappa shape index (κ3) is 1.41. The Hall–Kier alpha value is -1.93. The summed E-state index contributed by atoms with van der Waals surface area (Å²) in [4.78, 5) is 11.4. The Morgan fingerprint density at radius 2 is 1.76 bits per heavy atom. The van der Waals surface area contributed by atoms with E-state index in [9.17, 15) is 4.79 Å². The van der Waals surface area contributed by atoms with E-state index in [2.05, 4.69) is 6.07 Å². The van der Waals surface area contributed by atoms with E-state index in [1.54, 1.807) is 6.92 Å². The van der Waals surface area contributed by atoms with Crippen molar-refractivity contribution in [2.75, 3.05) is 0 Å². The van der Waals surface area contributed by atoms with Crippen LogP contribution < -0.4 is 5.73 Å². The number of Topliss-reactive ketones (excluding diaryl/α,β-unsaturated/α-hetero) is 1. The van der Waals surface area contributed by atoms with E-state index in [1.165, 1.54) is 5.56 Å². The highest BCUT2D eigenvalue weighted by atomic mass is 16.1. The summed E-state index contributed by atoms with van der Waals surface area (Å²) in [6.07, 6.45) is 0. The van der Waals surface area contributed by atoms with Crippen molar-refractivity contribution < 1.29 is 4.79 Å². The molecular weight excluding hydrogens is 210 g/mol. The summed E-state index contributed by atoms with van der Waals surface area (Å²) >= 11 is 0. The number of nitrogens with two attached hydrogens (primary N) is 1. The highest BCUT2D eigenvalue weighted by molar-refractivity contribution is 5.95. The smallest absolute Gasteiger partial charge is 0.159 e. The van der Waals surface area contributed by atoms with Gasteiger partial charge in [-0.1, -0.05) is 36.4 Å². The van der Waals surface area contributed by atoms with Crippen molar-refractivity contribution in [2.45, 2.75) is 13.0 Å². The Labute approximate surface area is 100 Å². The van der Waals surface area contributed by atoms with E-state index in [-0.39, 0.29) is 11.8 Å². The molecule has 17 heavy (non-hydrogen) atoms.